The van der Waals surface area contributed by atoms with E-state index in [4.69, 9.17) is 0 Å². The molecule has 1 aromatic carbocycles. The molecule has 0 radical (unpaired) electrons. The molecule has 3 aromatic rings. The second-order valence-electron chi connectivity index (χ2n) is 4.48. The van der Waals surface area contributed by atoms with Gasteiger partial charge in [0.2, 0.25) is 0 Å². The zero-order valence-electron chi connectivity index (χ0n) is 10.9. The number of nitrogens with zero attached hydrogens (tertiary/aromatic N) is 3. The number of rotatable bonds is 2. The van der Waals surface area contributed by atoms with Crippen LogP contribution in [-0.4, -0.2) is 25.7 Å². The van der Waals surface area contributed by atoms with Crippen LogP contribution in [0.15, 0.2) is 42.5 Å². The van der Waals surface area contributed by atoms with Crippen LogP contribution in [0.2, 0.25) is 0 Å². The summed E-state index contributed by atoms with van der Waals surface area (Å²) in [5.74, 6) is -1.45. The third-order valence-electron chi connectivity index (χ3n) is 3.12. The highest BCUT2D eigenvalue weighted by Gasteiger charge is 2.34. The van der Waals surface area contributed by atoms with E-state index in [1.54, 1.807) is 0 Å². The molecule has 0 saturated carbocycles. The Morgan fingerprint density at radius 2 is 1.77 bits per heavy atom. The first kappa shape index (κ1) is 14.1. The minimum Gasteiger partial charge on any atom is -0.477 e. The first-order chi connectivity index (χ1) is 10.4. The summed E-state index contributed by atoms with van der Waals surface area (Å²) in [6.45, 7) is 0. The molecule has 0 fully saturated rings. The summed E-state index contributed by atoms with van der Waals surface area (Å²) >= 11 is 0. The first-order valence-electron chi connectivity index (χ1n) is 6.13. The second-order valence-corrected chi connectivity index (χ2v) is 4.48. The van der Waals surface area contributed by atoms with Crippen LogP contribution in [0.5, 0.6) is 0 Å². The van der Waals surface area contributed by atoms with Gasteiger partial charge in [0.05, 0.1) is 5.56 Å². The number of carboxylic acid groups (broad SMARTS) is 1. The zero-order chi connectivity index (χ0) is 15.9. The fraction of sp³-hybridized carbons (Fsp3) is 0.0714. The maximum atomic E-state index is 13.1. The van der Waals surface area contributed by atoms with Gasteiger partial charge < -0.3 is 5.11 Å². The van der Waals surface area contributed by atoms with Gasteiger partial charge in [-0.15, -0.1) is 10.2 Å². The number of aromatic carboxylic acids is 1. The lowest BCUT2D eigenvalue weighted by atomic mass is 10.1. The van der Waals surface area contributed by atoms with Crippen LogP contribution in [0.3, 0.4) is 0 Å². The summed E-state index contributed by atoms with van der Waals surface area (Å²) in [5, 5.41) is 16.7. The number of aromatic nitrogens is 3. The molecule has 0 aliphatic rings. The van der Waals surface area contributed by atoms with Crippen LogP contribution in [0.25, 0.3) is 17.0 Å². The Morgan fingerprint density at radius 3 is 2.45 bits per heavy atom. The van der Waals surface area contributed by atoms with Gasteiger partial charge in [-0.05, 0) is 18.2 Å². The highest BCUT2D eigenvalue weighted by molar-refractivity contribution is 5.87. The van der Waals surface area contributed by atoms with E-state index in [0.717, 1.165) is 10.5 Å². The molecule has 1 N–H and O–H groups in total. The van der Waals surface area contributed by atoms with Crippen LogP contribution in [0, 0.1) is 0 Å². The van der Waals surface area contributed by atoms with Gasteiger partial charge in [0.15, 0.2) is 11.5 Å². The van der Waals surface area contributed by atoms with Crippen molar-refractivity contribution in [1.82, 2.24) is 14.6 Å². The Kier molecular flexibility index (Phi) is 3.09. The molecule has 22 heavy (non-hydrogen) atoms. The summed E-state index contributed by atoms with van der Waals surface area (Å²) in [6, 6.07) is 9.03. The van der Waals surface area contributed by atoms with Crippen LogP contribution in [-0.2, 0) is 6.18 Å². The number of pyridine rings is 1. The Hall–Kier alpha value is -2.90. The van der Waals surface area contributed by atoms with Gasteiger partial charge in [-0.25, -0.2) is 4.79 Å². The van der Waals surface area contributed by atoms with Gasteiger partial charge in [0, 0.05) is 5.56 Å². The van der Waals surface area contributed by atoms with Crippen LogP contribution in [0.4, 0.5) is 13.2 Å². The van der Waals surface area contributed by atoms with E-state index in [9.17, 15) is 23.1 Å². The zero-order valence-corrected chi connectivity index (χ0v) is 10.9. The summed E-state index contributed by atoms with van der Waals surface area (Å²) < 4.78 is 40.5. The normalized spacial score (nSPS) is 11.8. The van der Waals surface area contributed by atoms with E-state index < -0.39 is 17.7 Å². The molecule has 0 spiro atoms. The first-order valence-corrected chi connectivity index (χ1v) is 6.13. The van der Waals surface area contributed by atoms with Crippen molar-refractivity contribution in [1.29, 1.82) is 0 Å². The molecular weight excluding hydrogens is 299 g/mol. The Balaban J connectivity index is 2.36. The van der Waals surface area contributed by atoms with Gasteiger partial charge in [0.1, 0.15) is 5.69 Å². The molecule has 2 heterocycles. The minimum absolute atomic E-state index is 0.159. The van der Waals surface area contributed by atoms with Crippen molar-refractivity contribution in [2.75, 3.05) is 0 Å². The lowest BCUT2D eigenvalue weighted by molar-refractivity contribution is -0.137. The highest BCUT2D eigenvalue weighted by Crippen LogP contribution is 2.36. The predicted molar refractivity (Wildman–Crippen MR) is 70.4 cm³/mol. The molecule has 8 heteroatoms. The van der Waals surface area contributed by atoms with Crippen molar-refractivity contribution in [3.05, 3.63) is 53.7 Å². The topological polar surface area (TPSA) is 67.5 Å². The average Bonchev–Trinajstić information content (AvgIpc) is 2.90. The summed E-state index contributed by atoms with van der Waals surface area (Å²) in [4.78, 5) is 11.3. The Bertz CT molecular complexity index is 871. The second kappa shape index (κ2) is 4.83. The summed E-state index contributed by atoms with van der Waals surface area (Å²) in [5.41, 5.74) is -1.18. The SMILES string of the molecule is O=C(O)c1cccc2nnc(-c3ccccc3C(F)(F)F)n12. The van der Waals surface area contributed by atoms with Gasteiger partial charge in [-0.2, -0.15) is 13.2 Å². The lowest BCUT2D eigenvalue weighted by Gasteiger charge is -2.12. The van der Waals surface area contributed by atoms with E-state index >= 15 is 0 Å². The third-order valence-corrected chi connectivity index (χ3v) is 3.12. The number of hydrogen-bond acceptors (Lipinski definition) is 3. The number of carbonyl (C=O) groups is 1. The monoisotopic (exact) mass is 307 g/mol. The van der Waals surface area contributed by atoms with E-state index in [2.05, 4.69) is 10.2 Å². The van der Waals surface area contributed by atoms with Crippen molar-refractivity contribution in [2.45, 2.75) is 6.18 Å². The van der Waals surface area contributed by atoms with E-state index in [1.807, 2.05) is 0 Å². The van der Waals surface area contributed by atoms with Gasteiger partial charge in [0.25, 0.3) is 0 Å². The summed E-state index contributed by atoms with van der Waals surface area (Å²) in [6.07, 6.45) is -4.58. The molecule has 5 nitrogen and oxygen atoms in total. The fourth-order valence-electron chi connectivity index (χ4n) is 2.21. The van der Waals surface area contributed by atoms with Crippen LogP contribution >= 0.6 is 0 Å². The van der Waals surface area contributed by atoms with Gasteiger partial charge in [-0.3, -0.25) is 4.40 Å². The molecule has 0 saturated heterocycles. The molecular formula is C14H8F3N3O2. The van der Waals surface area contributed by atoms with Crippen molar-refractivity contribution >= 4 is 11.6 Å². The van der Waals surface area contributed by atoms with Gasteiger partial charge >= 0.3 is 12.1 Å². The molecule has 0 aliphatic heterocycles. The number of carboxylic acids is 1. The molecule has 3 rings (SSSR count). The largest absolute Gasteiger partial charge is 0.477 e. The number of benzene rings is 1. The minimum atomic E-state index is -4.58. The lowest BCUT2D eigenvalue weighted by Crippen LogP contribution is -2.10. The summed E-state index contributed by atoms with van der Waals surface area (Å²) in [7, 11) is 0. The Morgan fingerprint density at radius 1 is 1.05 bits per heavy atom. The van der Waals surface area contributed by atoms with Crippen molar-refractivity contribution in [3.63, 3.8) is 0 Å². The van der Waals surface area contributed by atoms with Crippen LogP contribution < -0.4 is 0 Å². The number of hydrogen-bond donors (Lipinski definition) is 1. The smallest absolute Gasteiger partial charge is 0.417 e. The molecule has 0 unspecified atom stereocenters. The molecule has 0 bridgehead atoms. The Labute approximate surface area is 121 Å². The number of halogens is 3. The maximum Gasteiger partial charge on any atom is 0.417 e. The van der Waals surface area contributed by atoms with Crippen molar-refractivity contribution in [3.8, 4) is 11.4 Å². The quantitative estimate of drug-likeness (QED) is 0.790. The third kappa shape index (κ3) is 2.18. The maximum absolute atomic E-state index is 13.1. The molecule has 2 aromatic heterocycles. The molecule has 0 aliphatic carbocycles. The average molecular weight is 307 g/mol. The number of alkyl halides is 3. The molecule has 0 amide bonds. The van der Waals surface area contributed by atoms with E-state index in [-0.39, 0.29) is 22.7 Å². The van der Waals surface area contributed by atoms with Crippen molar-refractivity contribution < 1.29 is 23.1 Å². The van der Waals surface area contributed by atoms with Crippen LogP contribution in [0.1, 0.15) is 16.1 Å². The van der Waals surface area contributed by atoms with E-state index in [0.29, 0.717) is 0 Å². The fourth-order valence-corrected chi connectivity index (χ4v) is 2.21. The van der Waals surface area contributed by atoms with Gasteiger partial charge in [-0.1, -0.05) is 24.3 Å². The highest BCUT2D eigenvalue weighted by atomic mass is 19.4. The predicted octanol–water partition coefficient (Wildman–Crippen LogP) is 3.11. The molecule has 0 atom stereocenters. The standard InChI is InChI=1S/C14H8F3N3O2/c15-14(16,17)9-5-2-1-4-8(9)12-19-18-11-7-3-6-10(13(21)22)20(11)12/h1-7H,(H,21,22). The molecule has 112 valence electrons. The number of fused-ring (bicyclic) bond motifs is 1. The van der Waals surface area contributed by atoms with E-state index in [1.165, 1.54) is 36.4 Å². The van der Waals surface area contributed by atoms with Crippen molar-refractivity contribution in [2.24, 2.45) is 0 Å².